The molecule has 1 fully saturated rings. The predicted molar refractivity (Wildman–Crippen MR) is 64.4 cm³/mol. The van der Waals surface area contributed by atoms with E-state index >= 15 is 0 Å². The van der Waals surface area contributed by atoms with Crippen molar-refractivity contribution < 1.29 is 20.1 Å². The molecule has 0 saturated carbocycles. The number of rotatable bonds is 2. The molecule has 8 heteroatoms. The maximum atomic E-state index is 12.0. The van der Waals surface area contributed by atoms with Crippen LogP contribution < -0.4 is 11.2 Å². The van der Waals surface area contributed by atoms with Gasteiger partial charge in [-0.2, -0.15) is 0 Å². The van der Waals surface area contributed by atoms with Crippen LogP contribution in [0.25, 0.3) is 6.08 Å². The van der Waals surface area contributed by atoms with Crippen LogP contribution in [0.15, 0.2) is 22.4 Å². The van der Waals surface area contributed by atoms with Gasteiger partial charge < -0.3 is 25.0 Å². The van der Waals surface area contributed by atoms with Crippen LogP contribution in [0.5, 0.6) is 0 Å². The van der Waals surface area contributed by atoms with E-state index in [4.69, 9.17) is 4.74 Å². The van der Waals surface area contributed by atoms with Gasteiger partial charge in [0.05, 0.1) is 12.2 Å². The third-order valence-electron chi connectivity index (χ3n) is 2.98. The van der Waals surface area contributed by atoms with Crippen molar-refractivity contribution >= 4 is 6.08 Å². The van der Waals surface area contributed by atoms with E-state index in [1.165, 1.54) is 12.3 Å². The zero-order valence-corrected chi connectivity index (χ0v) is 9.89. The molecule has 0 bridgehead atoms. The van der Waals surface area contributed by atoms with Gasteiger partial charge in [-0.1, -0.05) is 12.7 Å². The molecule has 0 aromatic carbocycles. The molecule has 1 unspecified atom stereocenters. The van der Waals surface area contributed by atoms with E-state index < -0.39 is 35.8 Å². The lowest BCUT2D eigenvalue weighted by Gasteiger charge is -2.35. The van der Waals surface area contributed by atoms with Gasteiger partial charge in [0, 0.05) is 6.20 Å². The molecule has 4 atom stereocenters. The number of H-pyrrole nitrogens is 1. The van der Waals surface area contributed by atoms with E-state index in [1.807, 2.05) is 0 Å². The number of hydrogen-bond donors (Lipinski definition) is 4. The van der Waals surface area contributed by atoms with Crippen molar-refractivity contribution in [3.05, 3.63) is 39.2 Å². The summed E-state index contributed by atoms with van der Waals surface area (Å²) >= 11 is 0. The van der Waals surface area contributed by atoms with Crippen LogP contribution in [-0.4, -0.2) is 49.8 Å². The highest BCUT2D eigenvalue weighted by atomic mass is 16.5. The topological polar surface area (TPSA) is 125 Å². The van der Waals surface area contributed by atoms with Crippen LogP contribution in [0.3, 0.4) is 0 Å². The average Bonchev–Trinajstić information content (AvgIpc) is 2.39. The first kappa shape index (κ1) is 13.7. The van der Waals surface area contributed by atoms with E-state index in [2.05, 4.69) is 11.6 Å². The largest absolute Gasteiger partial charge is 0.388 e. The van der Waals surface area contributed by atoms with E-state index in [0.29, 0.717) is 4.57 Å². The summed E-state index contributed by atoms with van der Waals surface area (Å²) in [5.41, 5.74) is -1.37. The minimum atomic E-state index is -1.59. The third-order valence-corrected chi connectivity index (χ3v) is 2.98. The second-order valence-corrected chi connectivity index (χ2v) is 4.20. The molecule has 0 spiro atoms. The van der Waals surface area contributed by atoms with Crippen molar-refractivity contribution in [3.8, 4) is 0 Å². The van der Waals surface area contributed by atoms with Crippen LogP contribution in [0.4, 0.5) is 0 Å². The second-order valence-electron chi connectivity index (χ2n) is 4.20. The Bertz CT molecular complexity index is 592. The molecule has 2 heterocycles. The van der Waals surface area contributed by atoms with E-state index in [1.54, 1.807) is 0 Å². The summed E-state index contributed by atoms with van der Waals surface area (Å²) in [5.74, 6) is 0. The van der Waals surface area contributed by atoms with Gasteiger partial charge in [-0.15, -0.1) is 0 Å². The Morgan fingerprint density at radius 3 is 2.68 bits per heavy atom. The zero-order chi connectivity index (χ0) is 14.2. The lowest BCUT2D eigenvalue weighted by atomic mass is 10.0. The molecule has 2 rings (SSSR count). The maximum absolute atomic E-state index is 12.0. The second kappa shape index (κ2) is 5.10. The highest BCUT2D eigenvalue weighted by molar-refractivity contribution is 5.43. The fourth-order valence-electron chi connectivity index (χ4n) is 1.90. The minimum absolute atomic E-state index is 0.121. The number of hydrogen-bond acceptors (Lipinski definition) is 6. The minimum Gasteiger partial charge on any atom is -0.388 e. The summed E-state index contributed by atoms with van der Waals surface area (Å²) in [6.45, 7) is 3.13. The smallest absolute Gasteiger partial charge is 0.330 e. The van der Waals surface area contributed by atoms with Crippen molar-refractivity contribution in [2.75, 3.05) is 6.61 Å². The summed E-state index contributed by atoms with van der Waals surface area (Å²) in [4.78, 5) is 26.0. The first-order chi connectivity index (χ1) is 8.97. The molecule has 104 valence electrons. The molecule has 1 aliphatic heterocycles. The fourth-order valence-corrected chi connectivity index (χ4v) is 1.90. The SMILES string of the molecule is C=Cc1c[nH]c(=O)n(C2OC[C@@H](O)[C@@H](O)[C@@H]2O)c1=O. The Labute approximate surface area is 107 Å². The highest BCUT2D eigenvalue weighted by Gasteiger charge is 2.39. The van der Waals surface area contributed by atoms with E-state index in [-0.39, 0.29) is 12.2 Å². The van der Waals surface area contributed by atoms with Gasteiger partial charge >= 0.3 is 5.69 Å². The average molecular weight is 270 g/mol. The molecule has 1 aromatic heterocycles. The summed E-state index contributed by atoms with van der Waals surface area (Å²) in [5, 5.41) is 28.7. The zero-order valence-electron chi connectivity index (χ0n) is 9.89. The van der Waals surface area contributed by atoms with Gasteiger partial charge in [0.1, 0.15) is 18.3 Å². The lowest BCUT2D eigenvalue weighted by Crippen LogP contribution is -2.55. The normalized spacial score (nSPS) is 31.1. The molecule has 1 aromatic rings. The Morgan fingerprint density at radius 2 is 2.05 bits per heavy atom. The van der Waals surface area contributed by atoms with Crippen LogP contribution in [0, 0.1) is 0 Å². The molecule has 0 aliphatic carbocycles. The number of aromatic nitrogens is 2. The number of aromatic amines is 1. The highest BCUT2D eigenvalue weighted by Crippen LogP contribution is 2.21. The summed E-state index contributed by atoms with van der Waals surface area (Å²) in [6, 6.07) is 0. The first-order valence-corrected chi connectivity index (χ1v) is 5.60. The van der Waals surface area contributed by atoms with Crippen molar-refractivity contribution in [2.24, 2.45) is 0 Å². The van der Waals surface area contributed by atoms with E-state index in [9.17, 15) is 24.9 Å². The van der Waals surface area contributed by atoms with Crippen molar-refractivity contribution in [3.63, 3.8) is 0 Å². The Morgan fingerprint density at radius 1 is 1.37 bits per heavy atom. The Balaban J connectivity index is 2.51. The molecule has 4 N–H and O–H groups in total. The van der Waals surface area contributed by atoms with Gasteiger partial charge in [0.25, 0.3) is 5.56 Å². The summed E-state index contributed by atoms with van der Waals surface area (Å²) in [7, 11) is 0. The summed E-state index contributed by atoms with van der Waals surface area (Å²) < 4.78 is 5.72. The first-order valence-electron chi connectivity index (χ1n) is 5.60. The number of nitrogens with zero attached hydrogens (tertiary/aromatic N) is 1. The van der Waals surface area contributed by atoms with Gasteiger partial charge in [-0.3, -0.25) is 4.79 Å². The van der Waals surface area contributed by atoms with Crippen LogP contribution in [0.2, 0.25) is 0 Å². The quantitative estimate of drug-likeness (QED) is 0.483. The van der Waals surface area contributed by atoms with Gasteiger partial charge in [-0.25, -0.2) is 9.36 Å². The number of aliphatic hydroxyl groups excluding tert-OH is 3. The van der Waals surface area contributed by atoms with Crippen molar-refractivity contribution in [1.29, 1.82) is 0 Å². The molecule has 8 nitrogen and oxygen atoms in total. The Kier molecular flexibility index (Phi) is 3.67. The number of aliphatic hydroxyl groups is 3. The molecular weight excluding hydrogens is 256 g/mol. The van der Waals surface area contributed by atoms with Gasteiger partial charge in [0.15, 0.2) is 6.23 Å². The van der Waals surface area contributed by atoms with Crippen LogP contribution in [-0.2, 0) is 4.74 Å². The molecule has 1 saturated heterocycles. The standard InChI is InChI=1S/C11H14N2O6/c1-2-5-3-12-11(18)13(9(5)17)10-8(16)7(15)6(14)4-19-10/h2-3,6-8,10,14-16H,1,4H2,(H,12,18)/t6-,7-,8+,10?/m1/s1. The summed E-state index contributed by atoms with van der Waals surface area (Å²) in [6.07, 6.45) is -3.30. The third kappa shape index (κ3) is 2.26. The molecule has 19 heavy (non-hydrogen) atoms. The lowest BCUT2D eigenvalue weighted by molar-refractivity contribution is -0.212. The Hall–Kier alpha value is -1.74. The van der Waals surface area contributed by atoms with Crippen LogP contribution >= 0.6 is 0 Å². The predicted octanol–water partition coefficient (Wildman–Crippen LogP) is -2.21. The van der Waals surface area contributed by atoms with Crippen molar-refractivity contribution in [1.82, 2.24) is 9.55 Å². The number of ether oxygens (including phenoxy) is 1. The fraction of sp³-hybridized carbons (Fsp3) is 0.455. The molecule has 0 amide bonds. The molecular formula is C11H14N2O6. The molecule has 1 aliphatic rings. The maximum Gasteiger partial charge on any atom is 0.330 e. The van der Waals surface area contributed by atoms with E-state index in [0.717, 1.165) is 0 Å². The van der Waals surface area contributed by atoms with Crippen molar-refractivity contribution in [2.45, 2.75) is 24.5 Å². The van der Waals surface area contributed by atoms with Crippen LogP contribution in [0.1, 0.15) is 11.8 Å². The van der Waals surface area contributed by atoms with Gasteiger partial charge in [0.2, 0.25) is 0 Å². The monoisotopic (exact) mass is 270 g/mol. The number of nitrogens with one attached hydrogen (secondary N) is 1. The molecule has 0 radical (unpaired) electrons. The van der Waals surface area contributed by atoms with Gasteiger partial charge in [-0.05, 0) is 0 Å².